The summed E-state index contributed by atoms with van der Waals surface area (Å²) in [5, 5.41) is 0.956. The monoisotopic (exact) mass is 428 g/mol. The number of piperazine rings is 1. The lowest BCUT2D eigenvalue weighted by Gasteiger charge is -2.39. The lowest BCUT2D eigenvalue weighted by atomic mass is 10.0. The van der Waals surface area contributed by atoms with Gasteiger partial charge in [-0.25, -0.2) is 4.98 Å². The number of carbonyl (C=O) groups is 1. The quantitative estimate of drug-likeness (QED) is 0.663. The summed E-state index contributed by atoms with van der Waals surface area (Å²) in [7, 11) is 1.68. The number of anilines is 1. The van der Waals surface area contributed by atoms with E-state index in [1.54, 1.807) is 7.11 Å². The standard InChI is InChI=1S/C23H32N4O2S/c1-17-16-26(12-13-27(17)22(28)11-10-18-6-3-4-7-18)23-24-21(25-30-23)15-19-8-5-9-20(14-19)29-2/h5,8-9,14,17-18H,3-4,6-7,10-13,15-16H2,1-2H3/t17-/m0/s1. The minimum absolute atomic E-state index is 0.209. The molecule has 1 aromatic carbocycles. The molecule has 30 heavy (non-hydrogen) atoms. The number of aromatic nitrogens is 2. The van der Waals surface area contributed by atoms with Crippen LogP contribution in [0.5, 0.6) is 5.75 Å². The van der Waals surface area contributed by atoms with Gasteiger partial charge in [0.1, 0.15) is 11.6 Å². The maximum Gasteiger partial charge on any atom is 0.222 e. The Labute approximate surface area is 183 Å². The first-order valence-corrected chi connectivity index (χ1v) is 11.9. The fraction of sp³-hybridized carbons (Fsp3) is 0.609. The van der Waals surface area contributed by atoms with Crippen LogP contribution in [0.4, 0.5) is 5.13 Å². The van der Waals surface area contributed by atoms with E-state index < -0.39 is 0 Å². The van der Waals surface area contributed by atoms with E-state index in [1.807, 2.05) is 18.2 Å². The summed E-state index contributed by atoms with van der Waals surface area (Å²) in [6.45, 7) is 4.57. The van der Waals surface area contributed by atoms with Crippen molar-refractivity contribution in [3.05, 3.63) is 35.7 Å². The molecule has 2 fully saturated rings. The van der Waals surface area contributed by atoms with E-state index in [4.69, 9.17) is 9.72 Å². The molecule has 2 aliphatic rings. The third kappa shape index (κ3) is 5.12. The molecule has 1 aliphatic carbocycles. The number of rotatable bonds is 7. The summed E-state index contributed by atoms with van der Waals surface area (Å²) in [4.78, 5) is 21.9. The summed E-state index contributed by atoms with van der Waals surface area (Å²) >= 11 is 1.45. The summed E-state index contributed by atoms with van der Waals surface area (Å²) < 4.78 is 9.86. The van der Waals surface area contributed by atoms with Crippen LogP contribution >= 0.6 is 11.5 Å². The normalized spacial score (nSPS) is 20.0. The molecule has 1 atom stereocenters. The van der Waals surface area contributed by atoms with Gasteiger partial charge < -0.3 is 14.5 Å². The Hall–Kier alpha value is -2.15. The Kier molecular flexibility index (Phi) is 6.87. The molecule has 6 nitrogen and oxygen atoms in total. The first-order valence-electron chi connectivity index (χ1n) is 11.1. The van der Waals surface area contributed by atoms with E-state index in [2.05, 4.69) is 27.2 Å². The second kappa shape index (κ2) is 9.77. The number of nitrogens with zero attached hydrogens (tertiary/aromatic N) is 4. The number of hydrogen-bond acceptors (Lipinski definition) is 6. The molecule has 7 heteroatoms. The van der Waals surface area contributed by atoms with E-state index in [0.29, 0.717) is 18.7 Å². The van der Waals surface area contributed by atoms with Crippen LogP contribution in [0.1, 0.15) is 56.8 Å². The molecule has 1 aromatic heterocycles. The summed E-state index contributed by atoms with van der Waals surface area (Å²) in [5.41, 5.74) is 1.14. The highest BCUT2D eigenvalue weighted by molar-refractivity contribution is 7.09. The van der Waals surface area contributed by atoms with E-state index in [1.165, 1.54) is 37.2 Å². The molecule has 0 radical (unpaired) electrons. The van der Waals surface area contributed by atoms with E-state index in [0.717, 1.165) is 54.2 Å². The van der Waals surface area contributed by atoms with E-state index >= 15 is 0 Å². The number of amides is 1. The fourth-order valence-electron chi connectivity index (χ4n) is 4.68. The van der Waals surface area contributed by atoms with Gasteiger partial charge in [-0.1, -0.05) is 37.8 Å². The van der Waals surface area contributed by atoms with Gasteiger partial charge in [0.25, 0.3) is 0 Å². The molecule has 4 rings (SSSR count). The van der Waals surface area contributed by atoms with Crippen LogP contribution in [0.15, 0.2) is 24.3 Å². The summed E-state index contributed by atoms with van der Waals surface area (Å²) in [6, 6.07) is 8.24. The van der Waals surface area contributed by atoms with Crippen LogP contribution in [-0.4, -0.2) is 53.0 Å². The Morgan fingerprint density at radius 1 is 1.27 bits per heavy atom. The zero-order valence-corrected chi connectivity index (χ0v) is 18.9. The van der Waals surface area contributed by atoms with Gasteiger partial charge in [0.15, 0.2) is 0 Å². The topological polar surface area (TPSA) is 58.6 Å². The van der Waals surface area contributed by atoms with Gasteiger partial charge in [0.05, 0.1) is 7.11 Å². The summed E-state index contributed by atoms with van der Waals surface area (Å²) in [5.74, 6) is 2.79. The molecule has 1 saturated heterocycles. The average molecular weight is 429 g/mol. The number of benzene rings is 1. The SMILES string of the molecule is COc1cccc(Cc2nsc(N3CCN(C(=O)CCC4CCCC4)[C@@H](C)C3)n2)c1. The largest absolute Gasteiger partial charge is 0.497 e. The van der Waals surface area contributed by atoms with Gasteiger partial charge >= 0.3 is 0 Å². The van der Waals surface area contributed by atoms with E-state index in [-0.39, 0.29) is 6.04 Å². The molecule has 1 saturated carbocycles. The molecule has 0 bridgehead atoms. The number of hydrogen-bond donors (Lipinski definition) is 0. The third-order valence-corrected chi connectivity index (χ3v) is 7.23. The van der Waals surface area contributed by atoms with Crippen LogP contribution in [0.2, 0.25) is 0 Å². The zero-order valence-electron chi connectivity index (χ0n) is 18.0. The smallest absolute Gasteiger partial charge is 0.222 e. The molecule has 0 spiro atoms. The Morgan fingerprint density at radius 3 is 2.87 bits per heavy atom. The molecule has 0 N–H and O–H groups in total. The van der Waals surface area contributed by atoms with Crippen molar-refractivity contribution in [3.8, 4) is 5.75 Å². The predicted molar refractivity (Wildman–Crippen MR) is 120 cm³/mol. The first kappa shape index (κ1) is 21.1. The Bertz CT molecular complexity index is 849. The molecular formula is C23H32N4O2S. The third-order valence-electron chi connectivity index (χ3n) is 6.41. The number of carbonyl (C=O) groups excluding carboxylic acids is 1. The molecular weight excluding hydrogens is 396 g/mol. The minimum atomic E-state index is 0.209. The number of ether oxygens (including phenoxy) is 1. The predicted octanol–water partition coefficient (Wildman–Crippen LogP) is 4.15. The highest BCUT2D eigenvalue weighted by Crippen LogP contribution is 2.29. The van der Waals surface area contributed by atoms with Gasteiger partial charge in [-0.2, -0.15) is 4.37 Å². The molecule has 162 valence electrons. The van der Waals surface area contributed by atoms with Crippen molar-refractivity contribution in [1.82, 2.24) is 14.3 Å². The fourth-order valence-corrected chi connectivity index (χ4v) is 5.40. The van der Waals surface area contributed by atoms with Crippen molar-refractivity contribution in [1.29, 1.82) is 0 Å². The van der Waals surface area contributed by atoms with Crippen molar-refractivity contribution < 1.29 is 9.53 Å². The summed E-state index contributed by atoms with van der Waals surface area (Å²) in [6.07, 6.45) is 7.78. The van der Waals surface area contributed by atoms with Gasteiger partial charge in [-0.3, -0.25) is 4.79 Å². The minimum Gasteiger partial charge on any atom is -0.497 e. The van der Waals surface area contributed by atoms with Gasteiger partial charge in [0, 0.05) is 50.1 Å². The second-order valence-electron chi connectivity index (χ2n) is 8.59. The van der Waals surface area contributed by atoms with Crippen LogP contribution in [0, 0.1) is 5.92 Å². The Morgan fingerprint density at radius 2 is 2.10 bits per heavy atom. The lowest BCUT2D eigenvalue weighted by molar-refractivity contribution is -0.133. The van der Waals surface area contributed by atoms with Crippen molar-refractivity contribution in [2.45, 2.75) is 57.9 Å². The average Bonchev–Trinajstić information content (AvgIpc) is 3.44. The first-order chi connectivity index (χ1) is 14.6. The number of methoxy groups -OCH3 is 1. The van der Waals surface area contributed by atoms with Crippen LogP contribution in [0.3, 0.4) is 0 Å². The van der Waals surface area contributed by atoms with E-state index in [9.17, 15) is 4.79 Å². The van der Waals surface area contributed by atoms with Crippen LogP contribution in [0.25, 0.3) is 0 Å². The second-order valence-corrected chi connectivity index (χ2v) is 9.32. The van der Waals surface area contributed by atoms with Crippen LogP contribution in [-0.2, 0) is 11.2 Å². The highest BCUT2D eigenvalue weighted by Gasteiger charge is 2.29. The molecule has 1 aliphatic heterocycles. The van der Waals surface area contributed by atoms with Crippen LogP contribution < -0.4 is 9.64 Å². The highest BCUT2D eigenvalue weighted by atomic mass is 32.1. The van der Waals surface area contributed by atoms with Gasteiger partial charge in [0.2, 0.25) is 11.0 Å². The maximum atomic E-state index is 12.7. The zero-order chi connectivity index (χ0) is 20.9. The molecule has 1 amide bonds. The van der Waals surface area contributed by atoms with Crippen molar-refractivity contribution in [2.75, 3.05) is 31.6 Å². The molecule has 0 unspecified atom stereocenters. The van der Waals surface area contributed by atoms with Gasteiger partial charge in [-0.15, -0.1) is 0 Å². The van der Waals surface area contributed by atoms with Crippen molar-refractivity contribution in [3.63, 3.8) is 0 Å². The van der Waals surface area contributed by atoms with Gasteiger partial charge in [-0.05, 0) is 37.0 Å². The van der Waals surface area contributed by atoms with Crippen molar-refractivity contribution in [2.24, 2.45) is 5.92 Å². The molecule has 2 aromatic rings. The maximum absolute atomic E-state index is 12.7. The Balaban J connectivity index is 1.30. The molecule has 2 heterocycles. The lowest BCUT2D eigenvalue weighted by Crippen LogP contribution is -2.54. The van der Waals surface area contributed by atoms with Crippen molar-refractivity contribution >= 4 is 22.6 Å².